The normalized spacial score (nSPS) is 14.8. The maximum Gasteiger partial charge on any atom is 0.222 e. The van der Waals surface area contributed by atoms with Crippen molar-refractivity contribution >= 4 is 27.6 Å². The number of ether oxygens (including phenoxy) is 1. The zero-order valence-electron chi connectivity index (χ0n) is 11.1. The monoisotopic (exact) mass is 343 g/mol. The van der Waals surface area contributed by atoms with E-state index in [1.54, 1.807) is 4.90 Å². The SMILES string of the molecule is CC(=O)c1cc(Br)cc(F)c1OCCN1CCCC1=O. The molecule has 2 rings (SSSR count). The summed E-state index contributed by atoms with van der Waals surface area (Å²) in [6, 6.07) is 2.78. The molecular formula is C14H15BrFNO3. The van der Waals surface area contributed by atoms with E-state index < -0.39 is 5.82 Å². The fraction of sp³-hybridized carbons (Fsp3) is 0.429. The molecule has 0 atom stereocenters. The van der Waals surface area contributed by atoms with Crippen LogP contribution in [0.2, 0.25) is 0 Å². The van der Waals surface area contributed by atoms with Crippen LogP contribution < -0.4 is 4.74 Å². The molecule has 0 N–H and O–H groups in total. The van der Waals surface area contributed by atoms with Gasteiger partial charge < -0.3 is 9.64 Å². The fourth-order valence-corrected chi connectivity index (χ4v) is 2.60. The van der Waals surface area contributed by atoms with Crippen LogP contribution in [0.25, 0.3) is 0 Å². The molecule has 1 amide bonds. The molecule has 4 nitrogen and oxygen atoms in total. The minimum atomic E-state index is -0.586. The number of carbonyl (C=O) groups excluding carboxylic acids is 2. The Labute approximate surface area is 125 Å². The summed E-state index contributed by atoms with van der Waals surface area (Å²) in [5.74, 6) is -0.807. The van der Waals surface area contributed by atoms with Gasteiger partial charge in [-0.3, -0.25) is 9.59 Å². The highest BCUT2D eigenvalue weighted by Crippen LogP contribution is 2.27. The molecule has 0 bridgehead atoms. The molecular weight excluding hydrogens is 329 g/mol. The van der Waals surface area contributed by atoms with E-state index in [0.29, 0.717) is 24.0 Å². The Morgan fingerprint density at radius 2 is 2.25 bits per heavy atom. The summed E-state index contributed by atoms with van der Waals surface area (Å²) >= 11 is 3.14. The molecule has 6 heteroatoms. The van der Waals surface area contributed by atoms with Crippen molar-refractivity contribution in [2.75, 3.05) is 19.7 Å². The van der Waals surface area contributed by atoms with Gasteiger partial charge in [-0.15, -0.1) is 0 Å². The summed E-state index contributed by atoms with van der Waals surface area (Å²) in [4.78, 5) is 24.6. The van der Waals surface area contributed by atoms with Gasteiger partial charge in [0, 0.05) is 17.4 Å². The fourth-order valence-electron chi connectivity index (χ4n) is 2.17. The predicted octanol–water partition coefficient (Wildman–Crippen LogP) is 2.79. The molecule has 108 valence electrons. The molecule has 20 heavy (non-hydrogen) atoms. The molecule has 0 aliphatic carbocycles. The van der Waals surface area contributed by atoms with Crippen molar-refractivity contribution in [1.29, 1.82) is 0 Å². The summed E-state index contributed by atoms with van der Waals surface area (Å²) < 4.78 is 19.7. The molecule has 0 saturated carbocycles. The quantitative estimate of drug-likeness (QED) is 0.772. The van der Waals surface area contributed by atoms with Crippen molar-refractivity contribution in [2.24, 2.45) is 0 Å². The van der Waals surface area contributed by atoms with E-state index in [-0.39, 0.29) is 29.6 Å². The zero-order valence-corrected chi connectivity index (χ0v) is 12.7. The van der Waals surface area contributed by atoms with Crippen LogP contribution in [-0.2, 0) is 4.79 Å². The molecule has 1 aromatic rings. The van der Waals surface area contributed by atoms with Crippen molar-refractivity contribution in [3.05, 3.63) is 28.0 Å². The number of hydrogen-bond donors (Lipinski definition) is 0. The van der Waals surface area contributed by atoms with Crippen molar-refractivity contribution in [3.8, 4) is 5.75 Å². The number of benzene rings is 1. The summed E-state index contributed by atoms with van der Waals surface area (Å²) in [5, 5.41) is 0. The topological polar surface area (TPSA) is 46.6 Å². The first-order valence-electron chi connectivity index (χ1n) is 6.39. The standard InChI is InChI=1S/C14H15BrFNO3/c1-9(18)11-7-10(15)8-12(16)14(11)20-6-5-17-4-2-3-13(17)19/h7-8H,2-6H2,1H3. The van der Waals surface area contributed by atoms with Gasteiger partial charge in [-0.2, -0.15) is 0 Å². The lowest BCUT2D eigenvalue weighted by Gasteiger charge is -2.17. The van der Waals surface area contributed by atoms with E-state index in [1.807, 2.05) is 0 Å². The maximum absolute atomic E-state index is 13.9. The lowest BCUT2D eigenvalue weighted by atomic mass is 10.1. The molecule has 1 aromatic carbocycles. The Kier molecular flexibility index (Phi) is 4.75. The second kappa shape index (κ2) is 6.35. The van der Waals surface area contributed by atoms with E-state index in [1.165, 1.54) is 19.1 Å². The minimum Gasteiger partial charge on any atom is -0.488 e. The number of rotatable bonds is 5. The number of halogens is 2. The van der Waals surface area contributed by atoms with Gasteiger partial charge in [-0.25, -0.2) is 4.39 Å². The Morgan fingerprint density at radius 1 is 1.50 bits per heavy atom. The number of likely N-dealkylation sites (tertiary alicyclic amines) is 1. The van der Waals surface area contributed by atoms with Crippen LogP contribution in [-0.4, -0.2) is 36.3 Å². The third-order valence-electron chi connectivity index (χ3n) is 3.17. The zero-order chi connectivity index (χ0) is 14.7. The number of amides is 1. The summed E-state index contributed by atoms with van der Waals surface area (Å²) in [6.45, 7) is 2.65. The number of nitrogens with zero attached hydrogens (tertiary/aromatic N) is 1. The first-order valence-corrected chi connectivity index (χ1v) is 7.19. The van der Waals surface area contributed by atoms with E-state index in [9.17, 15) is 14.0 Å². The molecule has 0 spiro atoms. The van der Waals surface area contributed by atoms with Crippen LogP contribution in [0.1, 0.15) is 30.1 Å². The van der Waals surface area contributed by atoms with E-state index in [0.717, 1.165) is 6.42 Å². The van der Waals surface area contributed by atoms with Gasteiger partial charge in [0.1, 0.15) is 6.61 Å². The van der Waals surface area contributed by atoms with Gasteiger partial charge >= 0.3 is 0 Å². The molecule has 0 radical (unpaired) electrons. The second-order valence-corrected chi connectivity index (χ2v) is 5.57. The van der Waals surface area contributed by atoms with Crippen molar-refractivity contribution < 1.29 is 18.7 Å². The van der Waals surface area contributed by atoms with Crippen LogP contribution in [0.4, 0.5) is 4.39 Å². The van der Waals surface area contributed by atoms with E-state index in [4.69, 9.17) is 4.74 Å². The second-order valence-electron chi connectivity index (χ2n) is 4.65. The van der Waals surface area contributed by atoms with E-state index in [2.05, 4.69) is 15.9 Å². The Balaban J connectivity index is 2.05. The highest BCUT2D eigenvalue weighted by atomic mass is 79.9. The first-order chi connectivity index (χ1) is 9.49. The predicted molar refractivity (Wildman–Crippen MR) is 75.4 cm³/mol. The third kappa shape index (κ3) is 3.36. The van der Waals surface area contributed by atoms with Crippen molar-refractivity contribution in [3.63, 3.8) is 0 Å². The van der Waals surface area contributed by atoms with Crippen molar-refractivity contribution in [2.45, 2.75) is 19.8 Å². The summed E-state index contributed by atoms with van der Waals surface area (Å²) in [5.41, 5.74) is 0.199. The molecule has 1 heterocycles. The molecule has 1 fully saturated rings. The average molecular weight is 344 g/mol. The Hall–Kier alpha value is -1.43. The molecule has 1 aliphatic rings. The smallest absolute Gasteiger partial charge is 0.222 e. The van der Waals surface area contributed by atoms with Gasteiger partial charge in [0.15, 0.2) is 17.3 Å². The number of Topliss-reactive ketones (excluding diaryl/α,β-unsaturated/α-hetero) is 1. The van der Waals surface area contributed by atoms with Gasteiger partial charge in [0.25, 0.3) is 0 Å². The molecule has 1 saturated heterocycles. The van der Waals surface area contributed by atoms with Crippen LogP contribution in [0.3, 0.4) is 0 Å². The summed E-state index contributed by atoms with van der Waals surface area (Å²) in [7, 11) is 0. The van der Waals surface area contributed by atoms with Gasteiger partial charge in [-0.1, -0.05) is 15.9 Å². The molecule has 1 aliphatic heterocycles. The average Bonchev–Trinajstić information content (AvgIpc) is 2.77. The van der Waals surface area contributed by atoms with Crippen molar-refractivity contribution in [1.82, 2.24) is 4.90 Å². The lowest BCUT2D eigenvalue weighted by Crippen LogP contribution is -2.29. The third-order valence-corrected chi connectivity index (χ3v) is 3.62. The van der Waals surface area contributed by atoms with Crippen LogP contribution >= 0.6 is 15.9 Å². The highest BCUT2D eigenvalue weighted by Gasteiger charge is 2.20. The molecule has 0 aromatic heterocycles. The Morgan fingerprint density at radius 3 is 2.85 bits per heavy atom. The van der Waals surface area contributed by atoms with E-state index >= 15 is 0 Å². The number of hydrogen-bond acceptors (Lipinski definition) is 3. The van der Waals surface area contributed by atoms with Gasteiger partial charge in [0.2, 0.25) is 5.91 Å². The summed E-state index contributed by atoms with van der Waals surface area (Å²) in [6.07, 6.45) is 1.41. The van der Waals surface area contributed by atoms with Crippen LogP contribution in [0.5, 0.6) is 5.75 Å². The van der Waals surface area contributed by atoms with Crippen LogP contribution in [0.15, 0.2) is 16.6 Å². The first kappa shape index (κ1) is 15.0. The van der Waals surface area contributed by atoms with Crippen LogP contribution in [0, 0.1) is 5.82 Å². The number of carbonyl (C=O) groups is 2. The Bertz CT molecular complexity index is 547. The lowest BCUT2D eigenvalue weighted by molar-refractivity contribution is -0.128. The number of ketones is 1. The molecule has 0 unspecified atom stereocenters. The largest absolute Gasteiger partial charge is 0.488 e. The van der Waals surface area contributed by atoms with Gasteiger partial charge in [-0.05, 0) is 25.5 Å². The maximum atomic E-state index is 13.9. The minimum absolute atomic E-state index is 0.0488. The highest BCUT2D eigenvalue weighted by molar-refractivity contribution is 9.10. The van der Waals surface area contributed by atoms with Gasteiger partial charge in [0.05, 0.1) is 12.1 Å².